The van der Waals surface area contributed by atoms with Gasteiger partial charge < -0.3 is 5.32 Å². The molecule has 0 atom stereocenters. The fraction of sp³-hybridized carbons (Fsp3) is 0.267. The molecule has 0 saturated heterocycles. The Morgan fingerprint density at radius 2 is 2.00 bits per heavy atom. The summed E-state index contributed by atoms with van der Waals surface area (Å²) >= 11 is 12.1. The number of pyridine rings is 1. The molecule has 2 rings (SSSR count). The summed E-state index contributed by atoms with van der Waals surface area (Å²) in [4.78, 5) is 4.27. The number of halogens is 2. The summed E-state index contributed by atoms with van der Waals surface area (Å²) in [6.45, 7) is 3.97. The van der Waals surface area contributed by atoms with Gasteiger partial charge in [-0.25, -0.2) is 0 Å². The Hall–Kier alpha value is -1.09. The highest BCUT2D eigenvalue weighted by Crippen LogP contribution is 2.30. The van der Waals surface area contributed by atoms with Crippen LogP contribution in [0, 0.1) is 0 Å². The molecule has 1 aromatic carbocycles. The van der Waals surface area contributed by atoms with Crippen LogP contribution in [-0.4, -0.2) is 11.5 Å². The Morgan fingerprint density at radius 1 is 1.16 bits per heavy atom. The predicted octanol–water partition coefficient (Wildman–Crippen LogP) is 4.56. The second kappa shape index (κ2) is 6.90. The number of hydrogen-bond donors (Lipinski definition) is 1. The summed E-state index contributed by atoms with van der Waals surface area (Å²) < 4.78 is 0. The highest BCUT2D eigenvalue weighted by atomic mass is 35.5. The van der Waals surface area contributed by atoms with Crippen molar-refractivity contribution in [3.63, 3.8) is 0 Å². The van der Waals surface area contributed by atoms with Crippen molar-refractivity contribution in [1.29, 1.82) is 0 Å². The van der Waals surface area contributed by atoms with Crippen LogP contribution in [-0.2, 0) is 6.54 Å². The van der Waals surface area contributed by atoms with Crippen molar-refractivity contribution in [3.8, 4) is 11.1 Å². The van der Waals surface area contributed by atoms with E-state index >= 15 is 0 Å². The van der Waals surface area contributed by atoms with E-state index in [-0.39, 0.29) is 0 Å². The van der Waals surface area contributed by atoms with E-state index in [1.54, 1.807) is 6.07 Å². The minimum atomic E-state index is 0.641. The first-order chi connectivity index (χ1) is 9.20. The van der Waals surface area contributed by atoms with Gasteiger partial charge in [0.25, 0.3) is 0 Å². The quantitative estimate of drug-likeness (QED) is 0.818. The van der Waals surface area contributed by atoms with Gasteiger partial charge in [-0.1, -0.05) is 36.2 Å². The molecule has 0 amide bonds. The molecule has 0 aliphatic carbocycles. The molecule has 2 nitrogen and oxygen atoms in total. The van der Waals surface area contributed by atoms with Crippen LogP contribution in [0.2, 0.25) is 10.0 Å². The zero-order valence-electron chi connectivity index (χ0n) is 10.8. The fourth-order valence-corrected chi connectivity index (χ4v) is 2.38. The predicted molar refractivity (Wildman–Crippen MR) is 81.7 cm³/mol. The zero-order chi connectivity index (χ0) is 13.7. The molecule has 0 radical (unpaired) electrons. The molecule has 1 aromatic heterocycles. The van der Waals surface area contributed by atoms with Crippen LogP contribution in [0.1, 0.15) is 18.9 Å². The van der Waals surface area contributed by atoms with Gasteiger partial charge in [0, 0.05) is 40.1 Å². The van der Waals surface area contributed by atoms with Crippen molar-refractivity contribution in [3.05, 3.63) is 52.3 Å². The topological polar surface area (TPSA) is 24.9 Å². The molecule has 0 fully saturated rings. The van der Waals surface area contributed by atoms with Gasteiger partial charge in [0.05, 0.1) is 0 Å². The van der Waals surface area contributed by atoms with Crippen molar-refractivity contribution >= 4 is 23.2 Å². The maximum absolute atomic E-state index is 6.22. The van der Waals surface area contributed by atoms with Gasteiger partial charge in [0.1, 0.15) is 0 Å². The molecule has 1 heterocycles. The van der Waals surface area contributed by atoms with Crippen LogP contribution < -0.4 is 5.32 Å². The molecule has 19 heavy (non-hydrogen) atoms. The van der Waals surface area contributed by atoms with Crippen LogP contribution in [0.15, 0.2) is 36.7 Å². The Labute approximate surface area is 123 Å². The molecule has 0 spiro atoms. The number of rotatable bonds is 5. The lowest BCUT2D eigenvalue weighted by atomic mass is 10.1. The number of benzene rings is 1. The first kappa shape index (κ1) is 14.3. The lowest BCUT2D eigenvalue weighted by Gasteiger charge is -2.08. The number of aromatic nitrogens is 1. The van der Waals surface area contributed by atoms with Crippen molar-refractivity contribution in [2.75, 3.05) is 6.54 Å². The largest absolute Gasteiger partial charge is 0.313 e. The van der Waals surface area contributed by atoms with Gasteiger partial charge in [-0.05, 0) is 36.7 Å². The summed E-state index contributed by atoms with van der Waals surface area (Å²) in [5.41, 5.74) is 3.12. The van der Waals surface area contributed by atoms with E-state index in [2.05, 4.69) is 23.3 Å². The summed E-state index contributed by atoms with van der Waals surface area (Å²) in [5.74, 6) is 0. The van der Waals surface area contributed by atoms with Crippen molar-refractivity contribution in [1.82, 2.24) is 10.3 Å². The van der Waals surface area contributed by atoms with Gasteiger partial charge in [-0.2, -0.15) is 0 Å². The van der Waals surface area contributed by atoms with E-state index in [1.165, 1.54) is 0 Å². The van der Waals surface area contributed by atoms with Crippen LogP contribution >= 0.6 is 23.2 Å². The molecular formula is C15H16Cl2N2. The average molecular weight is 295 g/mol. The summed E-state index contributed by atoms with van der Waals surface area (Å²) in [7, 11) is 0. The third-order valence-electron chi connectivity index (χ3n) is 2.79. The molecule has 0 unspecified atom stereocenters. The third-order valence-corrected chi connectivity index (χ3v) is 3.34. The fourth-order valence-electron chi connectivity index (χ4n) is 1.86. The maximum atomic E-state index is 6.22. The maximum Gasteiger partial charge on any atom is 0.0499 e. The molecule has 0 aliphatic rings. The number of nitrogens with zero attached hydrogens (tertiary/aromatic N) is 1. The van der Waals surface area contributed by atoms with E-state index in [0.717, 1.165) is 36.2 Å². The standard InChI is InChI=1S/C15H16Cl2N2/c1-2-5-18-8-11-6-12(10-19-9-11)14-4-3-13(16)7-15(14)17/h3-4,6-7,9-10,18H,2,5,8H2,1H3. The van der Waals surface area contributed by atoms with Crippen molar-refractivity contribution in [2.24, 2.45) is 0 Å². The molecule has 0 aliphatic heterocycles. The van der Waals surface area contributed by atoms with Crippen molar-refractivity contribution < 1.29 is 0 Å². The molecule has 4 heteroatoms. The third kappa shape index (κ3) is 3.93. The lowest BCUT2D eigenvalue weighted by molar-refractivity contribution is 0.674. The van der Waals surface area contributed by atoms with E-state index in [1.807, 2.05) is 24.5 Å². The summed E-state index contributed by atoms with van der Waals surface area (Å²) in [5, 5.41) is 4.65. The van der Waals surface area contributed by atoms with Crippen LogP contribution in [0.3, 0.4) is 0 Å². The molecule has 100 valence electrons. The van der Waals surface area contributed by atoms with Gasteiger partial charge in [0.15, 0.2) is 0 Å². The number of hydrogen-bond acceptors (Lipinski definition) is 2. The molecule has 2 aromatic rings. The first-order valence-electron chi connectivity index (χ1n) is 6.30. The second-order valence-electron chi connectivity index (χ2n) is 4.38. The Morgan fingerprint density at radius 3 is 2.74 bits per heavy atom. The van der Waals surface area contributed by atoms with Gasteiger partial charge in [-0.3, -0.25) is 4.98 Å². The summed E-state index contributed by atoms with van der Waals surface area (Å²) in [6, 6.07) is 7.61. The van der Waals surface area contributed by atoms with E-state index in [4.69, 9.17) is 23.2 Å². The second-order valence-corrected chi connectivity index (χ2v) is 5.23. The zero-order valence-corrected chi connectivity index (χ0v) is 12.3. The smallest absolute Gasteiger partial charge is 0.0499 e. The SMILES string of the molecule is CCCNCc1cncc(-c2ccc(Cl)cc2Cl)c1. The minimum Gasteiger partial charge on any atom is -0.313 e. The molecular weight excluding hydrogens is 279 g/mol. The van der Waals surface area contributed by atoms with Crippen molar-refractivity contribution in [2.45, 2.75) is 19.9 Å². The van der Waals surface area contributed by atoms with E-state index in [9.17, 15) is 0 Å². The highest BCUT2D eigenvalue weighted by molar-refractivity contribution is 6.36. The Bertz CT molecular complexity index is 556. The first-order valence-corrected chi connectivity index (χ1v) is 7.06. The van der Waals surface area contributed by atoms with Crippen LogP contribution in [0.25, 0.3) is 11.1 Å². The summed E-state index contributed by atoms with van der Waals surface area (Å²) in [6.07, 6.45) is 4.81. The van der Waals surface area contributed by atoms with Crippen LogP contribution in [0.5, 0.6) is 0 Å². The molecule has 1 N–H and O–H groups in total. The van der Waals surface area contributed by atoms with Gasteiger partial charge in [-0.15, -0.1) is 0 Å². The van der Waals surface area contributed by atoms with Gasteiger partial charge in [0.2, 0.25) is 0 Å². The normalized spacial score (nSPS) is 10.7. The Kier molecular flexibility index (Phi) is 5.20. The van der Waals surface area contributed by atoms with E-state index in [0.29, 0.717) is 10.0 Å². The lowest BCUT2D eigenvalue weighted by Crippen LogP contribution is -2.13. The molecule has 0 saturated carbocycles. The number of nitrogens with one attached hydrogen (secondary N) is 1. The van der Waals surface area contributed by atoms with E-state index < -0.39 is 0 Å². The minimum absolute atomic E-state index is 0.641. The van der Waals surface area contributed by atoms with Gasteiger partial charge >= 0.3 is 0 Å². The van der Waals surface area contributed by atoms with Crippen LogP contribution in [0.4, 0.5) is 0 Å². The molecule has 0 bridgehead atoms. The monoisotopic (exact) mass is 294 g/mol. The Balaban J connectivity index is 2.22. The highest BCUT2D eigenvalue weighted by Gasteiger charge is 2.05. The average Bonchev–Trinajstić information content (AvgIpc) is 2.39.